The normalized spacial score (nSPS) is 19.5. The molecular weight excluding hydrogens is 962 g/mol. The lowest BCUT2D eigenvalue weighted by atomic mass is 9.93. The summed E-state index contributed by atoms with van der Waals surface area (Å²) in [6.45, 7) is 29.5. The molecule has 0 spiro atoms. The van der Waals surface area contributed by atoms with E-state index in [4.69, 9.17) is 19.3 Å². The number of piperidine rings is 2. The summed E-state index contributed by atoms with van der Waals surface area (Å²) in [5.41, 5.74) is 11.1. The van der Waals surface area contributed by atoms with Gasteiger partial charge in [-0.25, -0.2) is 9.18 Å². The van der Waals surface area contributed by atoms with E-state index in [-0.39, 0.29) is 35.0 Å². The fourth-order valence-corrected chi connectivity index (χ4v) is 10.4. The number of H-pyrrole nitrogens is 1. The van der Waals surface area contributed by atoms with Gasteiger partial charge in [0.05, 0.1) is 29.8 Å². The molecule has 2 aromatic heterocycles. The molecular formula is C61H90FN7O7. The average Bonchev–Trinajstić information content (AvgIpc) is 3.97. The summed E-state index contributed by atoms with van der Waals surface area (Å²) in [7, 11) is 1.50. The largest absolute Gasteiger partial charge is 0.491 e. The Morgan fingerprint density at radius 3 is 2.30 bits per heavy atom. The smallest absolute Gasteiger partial charge is 0.347 e. The number of nitrogens with zero attached hydrogens (tertiary/aromatic N) is 4. The molecule has 14 nitrogen and oxygen atoms in total. The Morgan fingerprint density at radius 2 is 1.66 bits per heavy atom. The summed E-state index contributed by atoms with van der Waals surface area (Å²) < 4.78 is 26.3. The highest BCUT2D eigenvalue weighted by atomic mass is 19.1. The molecule has 5 aromatic rings. The van der Waals surface area contributed by atoms with E-state index in [0.29, 0.717) is 61.4 Å². The molecule has 418 valence electrons. The van der Waals surface area contributed by atoms with Crippen LogP contribution in [0, 0.1) is 38.4 Å². The molecule has 3 unspecified atom stereocenters. The maximum Gasteiger partial charge on any atom is 0.347 e. The van der Waals surface area contributed by atoms with E-state index in [1.807, 2.05) is 78.7 Å². The number of pyridine rings is 1. The van der Waals surface area contributed by atoms with Crippen LogP contribution >= 0.6 is 0 Å². The summed E-state index contributed by atoms with van der Waals surface area (Å²) in [6.07, 6.45) is 13.8. The number of aromatic amines is 1. The van der Waals surface area contributed by atoms with Crippen molar-refractivity contribution >= 4 is 51.9 Å². The number of nitrogens with two attached hydrogens (primary N) is 1. The Kier molecular flexibility index (Phi) is 27.6. The van der Waals surface area contributed by atoms with Gasteiger partial charge in [0.2, 0.25) is 11.8 Å². The van der Waals surface area contributed by atoms with Gasteiger partial charge < -0.3 is 34.7 Å². The maximum absolute atomic E-state index is 14.6. The lowest BCUT2D eigenvalue weighted by Gasteiger charge is -2.32. The number of fused-ring (bicyclic) bond motifs is 3. The molecule has 2 amide bonds. The van der Waals surface area contributed by atoms with E-state index in [9.17, 15) is 23.6 Å². The van der Waals surface area contributed by atoms with Crippen molar-refractivity contribution in [1.29, 1.82) is 0 Å². The number of ether oxygens (including phenoxy) is 2. The molecule has 4 fully saturated rings. The van der Waals surface area contributed by atoms with Crippen LogP contribution in [0.2, 0.25) is 0 Å². The quantitative estimate of drug-likeness (QED) is 0.0793. The molecule has 4 N–H and O–H groups in total. The number of amides is 2. The summed E-state index contributed by atoms with van der Waals surface area (Å²) >= 11 is 0. The number of rotatable bonds is 12. The molecule has 0 bridgehead atoms. The molecule has 76 heavy (non-hydrogen) atoms. The number of imide groups is 1. The first-order valence-electron chi connectivity index (χ1n) is 27.7. The van der Waals surface area contributed by atoms with Crippen LogP contribution in [0.4, 0.5) is 10.2 Å². The highest BCUT2D eigenvalue weighted by Gasteiger charge is 2.45. The van der Waals surface area contributed by atoms with Gasteiger partial charge in [-0.2, -0.15) is 4.98 Å². The van der Waals surface area contributed by atoms with Crippen molar-refractivity contribution in [3.63, 3.8) is 0 Å². The van der Waals surface area contributed by atoms with E-state index in [2.05, 4.69) is 70.6 Å². The number of benzene rings is 3. The minimum atomic E-state index is -0.357. The molecule has 15 heteroatoms. The lowest BCUT2D eigenvalue weighted by Crippen LogP contribution is -2.41. The molecule has 4 saturated heterocycles. The minimum Gasteiger partial charge on any atom is -0.491 e. The van der Waals surface area contributed by atoms with Crippen LogP contribution in [-0.4, -0.2) is 102 Å². The van der Waals surface area contributed by atoms with Crippen LogP contribution in [0.5, 0.6) is 5.75 Å². The maximum atomic E-state index is 14.6. The first-order chi connectivity index (χ1) is 36.6. The predicted molar refractivity (Wildman–Crippen MR) is 308 cm³/mol. The molecule has 4 aliphatic heterocycles. The average molecular weight is 1050 g/mol. The van der Waals surface area contributed by atoms with Crippen molar-refractivity contribution in [2.45, 2.75) is 165 Å². The zero-order valence-corrected chi connectivity index (χ0v) is 48.0. The number of ketones is 1. The SMILES string of the molecule is C=O.CC.CCC(C)=O.CCCC1CCC(=O)NC1=O.CCc1c(F)ccc2cccc(-c3ncc4c(N5CCCC(C)C5)nc(=O)[nH]c4c3C)c12.CN.Cc1ccc(OCCOCC2CC[C@]3(C)CCCN23)cc1C. The Bertz CT molecular complexity index is 2690. The van der Waals surface area contributed by atoms with Gasteiger partial charge in [0, 0.05) is 55.2 Å². The number of hydrogen-bond donors (Lipinski definition) is 3. The molecule has 6 heterocycles. The van der Waals surface area contributed by atoms with Gasteiger partial charge in [-0.15, -0.1) is 0 Å². The molecule has 4 atom stereocenters. The van der Waals surface area contributed by atoms with E-state index in [0.717, 1.165) is 89.6 Å². The van der Waals surface area contributed by atoms with Gasteiger partial charge in [0.1, 0.15) is 36.6 Å². The van der Waals surface area contributed by atoms with Crippen LogP contribution in [0.3, 0.4) is 0 Å². The second kappa shape index (κ2) is 32.6. The number of nitrogens with one attached hydrogen (secondary N) is 2. The monoisotopic (exact) mass is 1050 g/mol. The number of aryl methyl sites for hydroxylation is 4. The molecule has 0 saturated carbocycles. The van der Waals surface area contributed by atoms with Gasteiger partial charge in [-0.05, 0) is 163 Å². The second-order valence-electron chi connectivity index (χ2n) is 20.0. The van der Waals surface area contributed by atoms with Crippen LogP contribution in [0.1, 0.15) is 148 Å². The van der Waals surface area contributed by atoms with Crippen molar-refractivity contribution in [3.05, 3.63) is 93.3 Å². The van der Waals surface area contributed by atoms with Crippen molar-refractivity contribution in [1.82, 2.24) is 25.2 Å². The molecule has 3 aromatic carbocycles. The summed E-state index contributed by atoms with van der Waals surface area (Å²) in [5.74, 6) is 2.14. The van der Waals surface area contributed by atoms with Crippen molar-refractivity contribution in [2.75, 3.05) is 51.4 Å². The standard InChI is InChI=1S/C26H27FN4O.C19H29NO2.C8H13NO2.C4H8O.C2H6.CH5N.CH2O/c1-4-18-21(27)11-10-17-8-5-9-19(22(17)18)23-16(3)24-20(13-28-23)25(30-26(32)29-24)31-12-6-7-15(2)14-31;1-15-5-6-18(13-16(15)2)22-12-11-21-14-17-7-9-19(3)8-4-10-20(17)19;1-2-3-6-4-5-7(10)9-8(6)11;1-3-4(2)5;3*1-2/h5,8-11,13,15H,4,6-7,12,14H2,1-3H3,(H,29,30,32);5-6,13,17H,4,7-12,14H2,1-3H3;6H,2-5H2,1H3,(H,9,10,11);3H2,1-2H3;1-2H3;2H2,1H3;1H2/t;17?,19-;;;;;/m.0...../s1. The lowest BCUT2D eigenvalue weighted by molar-refractivity contribution is -0.136. The summed E-state index contributed by atoms with van der Waals surface area (Å²) in [4.78, 5) is 69.1. The van der Waals surface area contributed by atoms with Gasteiger partial charge >= 0.3 is 5.69 Å². The van der Waals surface area contributed by atoms with Crippen molar-refractivity contribution in [2.24, 2.45) is 17.6 Å². The van der Waals surface area contributed by atoms with Crippen molar-refractivity contribution < 1.29 is 33.0 Å². The van der Waals surface area contributed by atoms with Gasteiger partial charge in [-0.1, -0.05) is 78.3 Å². The number of anilines is 1. The first-order valence-corrected chi connectivity index (χ1v) is 27.7. The summed E-state index contributed by atoms with van der Waals surface area (Å²) in [6, 6.07) is 16.1. The number of aromatic nitrogens is 3. The number of carbonyl (C=O) groups is 4. The zero-order valence-electron chi connectivity index (χ0n) is 48.0. The molecule has 4 aliphatic rings. The fourth-order valence-electron chi connectivity index (χ4n) is 10.4. The Morgan fingerprint density at radius 1 is 0.934 bits per heavy atom. The molecule has 0 aliphatic carbocycles. The highest BCUT2D eigenvalue weighted by Crippen LogP contribution is 2.42. The third-order valence-corrected chi connectivity index (χ3v) is 14.7. The van der Waals surface area contributed by atoms with Crippen LogP contribution < -0.4 is 26.4 Å². The van der Waals surface area contributed by atoms with Crippen molar-refractivity contribution in [3.8, 4) is 17.0 Å². The van der Waals surface area contributed by atoms with E-state index >= 15 is 0 Å². The van der Waals surface area contributed by atoms with E-state index in [1.54, 1.807) is 13.1 Å². The third kappa shape index (κ3) is 17.6. The van der Waals surface area contributed by atoms with Gasteiger partial charge in [-0.3, -0.25) is 24.8 Å². The summed E-state index contributed by atoms with van der Waals surface area (Å²) in [5, 5.41) is 5.05. The number of Topliss-reactive ketones (excluding diaryl/α,β-unsaturated/α-hetero) is 1. The molecule has 0 radical (unpaired) electrons. The fraction of sp³-hybridized carbons (Fsp3) is 0.557. The zero-order chi connectivity index (χ0) is 56.5. The number of hydrogen-bond acceptors (Lipinski definition) is 12. The Labute approximate surface area is 452 Å². The Hall–Kier alpha value is -5.90. The minimum absolute atomic E-state index is 0.0805. The molecule has 9 rings (SSSR count). The number of carbonyl (C=O) groups excluding carboxylic acids is 4. The highest BCUT2D eigenvalue weighted by molar-refractivity contribution is 6.02. The van der Waals surface area contributed by atoms with Gasteiger partial charge in [0.25, 0.3) is 0 Å². The van der Waals surface area contributed by atoms with Crippen LogP contribution in [0.25, 0.3) is 32.9 Å². The Balaban J connectivity index is 0.000000298. The number of halogens is 1. The third-order valence-electron chi connectivity index (χ3n) is 14.7. The second-order valence-corrected chi connectivity index (χ2v) is 20.0. The van der Waals surface area contributed by atoms with E-state index in [1.165, 1.54) is 62.9 Å². The predicted octanol–water partition coefficient (Wildman–Crippen LogP) is 11.3. The van der Waals surface area contributed by atoms with E-state index < -0.39 is 0 Å². The topological polar surface area (TPSA) is 190 Å². The van der Waals surface area contributed by atoms with Gasteiger partial charge in [0.15, 0.2) is 0 Å². The van der Waals surface area contributed by atoms with Crippen LogP contribution in [-0.2, 0) is 30.3 Å². The van der Waals surface area contributed by atoms with Crippen LogP contribution in [0.15, 0.2) is 59.5 Å². The first kappa shape index (κ1) is 64.4.